The molecule has 1 aromatic carbocycles. The minimum atomic E-state index is -1.17. The van der Waals surface area contributed by atoms with Gasteiger partial charge in [0.25, 0.3) is 0 Å². The summed E-state index contributed by atoms with van der Waals surface area (Å²) in [6.07, 6.45) is 0.803. The van der Waals surface area contributed by atoms with Crippen molar-refractivity contribution in [2.75, 3.05) is 6.61 Å². The van der Waals surface area contributed by atoms with Crippen LogP contribution < -0.4 is 0 Å². The molecule has 22 heavy (non-hydrogen) atoms. The van der Waals surface area contributed by atoms with Gasteiger partial charge < -0.3 is 14.9 Å². The zero-order valence-corrected chi connectivity index (χ0v) is 12.5. The molecule has 6 heteroatoms. The highest BCUT2D eigenvalue weighted by Gasteiger charge is 2.19. The molecule has 1 rings (SSSR count). The van der Waals surface area contributed by atoms with Crippen molar-refractivity contribution in [3.05, 3.63) is 46.5 Å². The van der Waals surface area contributed by atoms with Crippen molar-refractivity contribution >= 4 is 17.9 Å². The highest BCUT2D eigenvalue weighted by molar-refractivity contribution is 5.97. The van der Waals surface area contributed by atoms with Gasteiger partial charge in [0, 0.05) is 5.57 Å². The molecule has 118 valence electrons. The third-order valence-electron chi connectivity index (χ3n) is 3.17. The molecule has 0 atom stereocenters. The molecule has 0 bridgehead atoms. The van der Waals surface area contributed by atoms with E-state index in [9.17, 15) is 19.5 Å². The molecule has 0 aliphatic carbocycles. The molecule has 1 aromatic rings. The first-order valence-corrected chi connectivity index (χ1v) is 6.67. The maximum atomic E-state index is 11.4. The normalized spacial score (nSPS) is 10.1. The van der Waals surface area contributed by atoms with E-state index >= 15 is 0 Å². The Labute approximate surface area is 128 Å². The number of aryl methyl sites for hydroxylation is 1. The lowest BCUT2D eigenvalue weighted by Crippen LogP contribution is -2.12. The number of rotatable bonds is 7. The highest BCUT2D eigenvalue weighted by Crippen LogP contribution is 2.20. The van der Waals surface area contributed by atoms with E-state index in [0.717, 1.165) is 0 Å². The van der Waals surface area contributed by atoms with Gasteiger partial charge in [-0.2, -0.15) is 0 Å². The molecule has 0 radical (unpaired) electrons. The van der Waals surface area contributed by atoms with Crippen LogP contribution in [0, 0.1) is 6.92 Å². The molecule has 0 fully saturated rings. The lowest BCUT2D eigenvalue weighted by Gasteiger charge is -2.11. The SMILES string of the molecule is C=C(C)C(=O)OCCCc1ccc(C(=O)O)c(C)c1C(=O)O. The summed E-state index contributed by atoms with van der Waals surface area (Å²) in [7, 11) is 0. The van der Waals surface area contributed by atoms with Gasteiger partial charge in [-0.1, -0.05) is 12.6 Å². The molecular weight excluding hydrogens is 288 g/mol. The van der Waals surface area contributed by atoms with Crippen LogP contribution in [0.5, 0.6) is 0 Å². The molecule has 0 amide bonds. The van der Waals surface area contributed by atoms with E-state index in [2.05, 4.69) is 6.58 Å². The van der Waals surface area contributed by atoms with Crippen LogP contribution in [0.4, 0.5) is 0 Å². The molecule has 6 nitrogen and oxygen atoms in total. The van der Waals surface area contributed by atoms with Crippen LogP contribution in [-0.2, 0) is 16.0 Å². The first-order chi connectivity index (χ1) is 10.3. The average molecular weight is 306 g/mol. The van der Waals surface area contributed by atoms with E-state index in [1.54, 1.807) is 6.92 Å². The fourth-order valence-electron chi connectivity index (χ4n) is 2.06. The molecular formula is C16H18O6. The third kappa shape index (κ3) is 4.18. The van der Waals surface area contributed by atoms with Crippen molar-refractivity contribution in [1.29, 1.82) is 0 Å². The Morgan fingerprint density at radius 2 is 1.82 bits per heavy atom. The summed E-state index contributed by atoms with van der Waals surface area (Å²) in [5.74, 6) is -2.83. The summed E-state index contributed by atoms with van der Waals surface area (Å²) in [4.78, 5) is 33.6. The minimum Gasteiger partial charge on any atom is -0.478 e. The molecule has 0 unspecified atom stereocenters. The third-order valence-corrected chi connectivity index (χ3v) is 3.17. The van der Waals surface area contributed by atoms with Crippen molar-refractivity contribution in [2.24, 2.45) is 0 Å². The van der Waals surface area contributed by atoms with Gasteiger partial charge in [0.15, 0.2) is 0 Å². The molecule has 0 aromatic heterocycles. The number of carboxylic acid groups (broad SMARTS) is 2. The summed E-state index contributed by atoms with van der Waals surface area (Å²) in [6.45, 7) is 6.61. The van der Waals surface area contributed by atoms with Gasteiger partial charge in [0.1, 0.15) is 0 Å². The van der Waals surface area contributed by atoms with Gasteiger partial charge >= 0.3 is 17.9 Å². The zero-order valence-electron chi connectivity index (χ0n) is 12.5. The first-order valence-electron chi connectivity index (χ1n) is 6.67. The molecule has 0 aliphatic rings. The Bertz CT molecular complexity index is 630. The van der Waals surface area contributed by atoms with Gasteiger partial charge in [-0.3, -0.25) is 0 Å². The molecule has 0 aliphatic heterocycles. The quantitative estimate of drug-likeness (QED) is 0.456. The number of carbonyl (C=O) groups excluding carboxylic acids is 1. The summed E-state index contributed by atoms with van der Waals surface area (Å²) in [5.41, 5.74) is 0.992. The largest absolute Gasteiger partial charge is 0.478 e. The second kappa shape index (κ2) is 7.40. The summed E-state index contributed by atoms with van der Waals surface area (Å²) < 4.78 is 4.94. The van der Waals surface area contributed by atoms with Crippen LogP contribution in [0.2, 0.25) is 0 Å². The summed E-state index contributed by atoms with van der Waals surface area (Å²) >= 11 is 0. The predicted molar refractivity (Wildman–Crippen MR) is 79.2 cm³/mol. The van der Waals surface area contributed by atoms with E-state index in [4.69, 9.17) is 9.84 Å². The number of carboxylic acids is 2. The Hall–Kier alpha value is -2.63. The lowest BCUT2D eigenvalue weighted by atomic mass is 9.94. The maximum absolute atomic E-state index is 11.4. The Balaban J connectivity index is 2.85. The topological polar surface area (TPSA) is 101 Å². The van der Waals surface area contributed by atoms with Gasteiger partial charge in [-0.15, -0.1) is 0 Å². The molecule has 0 saturated heterocycles. The highest BCUT2D eigenvalue weighted by atomic mass is 16.5. The maximum Gasteiger partial charge on any atom is 0.336 e. The van der Waals surface area contributed by atoms with E-state index in [0.29, 0.717) is 24.0 Å². The van der Waals surface area contributed by atoms with E-state index < -0.39 is 17.9 Å². The summed E-state index contributed by atoms with van der Waals surface area (Å²) in [6, 6.07) is 2.87. The number of carbonyl (C=O) groups is 3. The van der Waals surface area contributed by atoms with Crippen molar-refractivity contribution in [3.8, 4) is 0 Å². The Morgan fingerprint density at radius 3 is 2.32 bits per heavy atom. The van der Waals surface area contributed by atoms with Crippen molar-refractivity contribution in [3.63, 3.8) is 0 Å². The molecule has 2 N–H and O–H groups in total. The zero-order chi connectivity index (χ0) is 16.9. The number of ether oxygens (including phenoxy) is 1. The molecule has 0 spiro atoms. The number of aromatic carboxylic acids is 2. The Kier molecular flexibility index (Phi) is 5.86. The smallest absolute Gasteiger partial charge is 0.336 e. The van der Waals surface area contributed by atoms with Crippen molar-refractivity contribution < 1.29 is 29.3 Å². The van der Waals surface area contributed by atoms with E-state index in [1.165, 1.54) is 19.1 Å². The van der Waals surface area contributed by atoms with Crippen LogP contribution in [0.3, 0.4) is 0 Å². The number of hydrogen-bond acceptors (Lipinski definition) is 4. The fraction of sp³-hybridized carbons (Fsp3) is 0.312. The van der Waals surface area contributed by atoms with Gasteiger partial charge in [-0.25, -0.2) is 14.4 Å². The molecule has 0 heterocycles. The van der Waals surface area contributed by atoms with Gasteiger partial charge in [0.05, 0.1) is 17.7 Å². The van der Waals surface area contributed by atoms with Gasteiger partial charge in [-0.05, 0) is 43.9 Å². The van der Waals surface area contributed by atoms with Crippen LogP contribution in [0.15, 0.2) is 24.3 Å². The second-order valence-electron chi connectivity index (χ2n) is 4.90. The number of benzene rings is 1. The predicted octanol–water partition coefficient (Wildman–Crippen LogP) is 2.44. The average Bonchev–Trinajstić information content (AvgIpc) is 2.42. The van der Waals surface area contributed by atoms with Crippen molar-refractivity contribution in [1.82, 2.24) is 0 Å². The van der Waals surface area contributed by atoms with Crippen LogP contribution in [-0.4, -0.2) is 34.7 Å². The van der Waals surface area contributed by atoms with E-state index in [-0.39, 0.29) is 23.3 Å². The minimum absolute atomic E-state index is 0.00822. The lowest BCUT2D eigenvalue weighted by molar-refractivity contribution is -0.139. The monoisotopic (exact) mass is 306 g/mol. The van der Waals surface area contributed by atoms with Gasteiger partial charge in [0.2, 0.25) is 0 Å². The fourth-order valence-corrected chi connectivity index (χ4v) is 2.06. The van der Waals surface area contributed by atoms with Crippen LogP contribution in [0.1, 0.15) is 45.2 Å². The van der Waals surface area contributed by atoms with E-state index in [1.807, 2.05) is 0 Å². The standard InChI is InChI=1S/C16H18O6/c1-9(2)16(21)22-8-4-5-11-6-7-12(14(17)18)10(3)13(11)15(19)20/h6-7H,1,4-5,8H2,2-3H3,(H,17,18)(H,19,20). The van der Waals surface area contributed by atoms with Crippen LogP contribution in [0.25, 0.3) is 0 Å². The van der Waals surface area contributed by atoms with Crippen LogP contribution >= 0.6 is 0 Å². The summed E-state index contributed by atoms with van der Waals surface area (Å²) in [5, 5.41) is 18.3. The van der Waals surface area contributed by atoms with Crippen molar-refractivity contribution in [2.45, 2.75) is 26.7 Å². The first kappa shape index (κ1) is 17.4. The molecule has 0 saturated carbocycles. The number of hydrogen-bond donors (Lipinski definition) is 2. The Morgan fingerprint density at radius 1 is 1.18 bits per heavy atom. The number of esters is 1. The second-order valence-corrected chi connectivity index (χ2v) is 4.90.